The van der Waals surface area contributed by atoms with Gasteiger partial charge in [0.2, 0.25) is 5.95 Å². The second-order valence-corrected chi connectivity index (χ2v) is 5.45. The molecule has 0 amide bonds. The normalized spacial score (nSPS) is 10.3. The third-order valence-electron chi connectivity index (χ3n) is 3.50. The van der Waals surface area contributed by atoms with E-state index in [0.717, 1.165) is 11.3 Å². The molecule has 2 N–H and O–H groups in total. The van der Waals surface area contributed by atoms with E-state index in [4.69, 9.17) is 0 Å². The third kappa shape index (κ3) is 4.03. The zero-order valence-electron chi connectivity index (χ0n) is 13.2. The lowest BCUT2D eigenvalue weighted by atomic mass is 10.1. The SMILES string of the molecule is Cc1ccc(Nc2nncc(NCc3ccccc3)n2)c(C)c1. The second-order valence-electron chi connectivity index (χ2n) is 5.45. The number of aryl methyl sites for hydroxylation is 2. The molecule has 3 aromatic rings. The molecule has 0 radical (unpaired) electrons. The van der Waals surface area contributed by atoms with E-state index in [0.29, 0.717) is 18.3 Å². The second kappa shape index (κ2) is 6.87. The molecule has 0 aliphatic heterocycles. The van der Waals surface area contributed by atoms with Crippen molar-refractivity contribution in [1.29, 1.82) is 0 Å². The van der Waals surface area contributed by atoms with Crippen LogP contribution >= 0.6 is 0 Å². The Morgan fingerprint density at radius 1 is 1.00 bits per heavy atom. The number of hydrogen-bond acceptors (Lipinski definition) is 5. The summed E-state index contributed by atoms with van der Waals surface area (Å²) in [4.78, 5) is 4.45. The molecule has 0 spiro atoms. The van der Waals surface area contributed by atoms with E-state index in [1.807, 2.05) is 24.3 Å². The fourth-order valence-corrected chi connectivity index (χ4v) is 2.30. The van der Waals surface area contributed by atoms with Crippen LogP contribution < -0.4 is 10.6 Å². The maximum absolute atomic E-state index is 4.45. The molecule has 1 heterocycles. The van der Waals surface area contributed by atoms with Gasteiger partial charge < -0.3 is 10.6 Å². The van der Waals surface area contributed by atoms with E-state index in [1.165, 1.54) is 11.1 Å². The molecule has 3 rings (SSSR count). The van der Waals surface area contributed by atoms with Gasteiger partial charge in [-0.3, -0.25) is 0 Å². The molecule has 0 saturated carbocycles. The van der Waals surface area contributed by atoms with Crippen molar-refractivity contribution in [2.45, 2.75) is 20.4 Å². The van der Waals surface area contributed by atoms with E-state index in [1.54, 1.807) is 6.20 Å². The van der Waals surface area contributed by atoms with Crippen LogP contribution in [0, 0.1) is 13.8 Å². The Morgan fingerprint density at radius 3 is 2.61 bits per heavy atom. The van der Waals surface area contributed by atoms with E-state index in [-0.39, 0.29) is 0 Å². The molecule has 116 valence electrons. The highest BCUT2D eigenvalue weighted by atomic mass is 15.3. The van der Waals surface area contributed by atoms with Crippen LogP contribution in [0.15, 0.2) is 54.7 Å². The topological polar surface area (TPSA) is 62.7 Å². The number of aromatic nitrogens is 3. The van der Waals surface area contributed by atoms with E-state index in [2.05, 4.69) is 63.9 Å². The highest BCUT2D eigenvalue weighted by molar-refractivity contribution is 5.59. The van der Waals surface area contributed by atoms with Crippen LogP contribution in [0.1, 0.15) is 16.7 Å². The van der Waals surface area contributed by atoms with Gasteiger partial charge in [0.05, 0.1) is 6.20 Å². The van der Waals surface area contributed by atoms with Gasteiger partial charge in [-0.15, -0.1) is 5.10 Å². The summed E-state index contributed by atoms with van der Waals surface area (Å²) in [6, 6.07) is 16.4. The molecule has 1 aromatic heterocycles. The van der Waals surface area contributed by atoms with Crippen molar-refractivity contribution in [2.24, 2.45) is 0 Å². The summed E-state index contributed by atoms with van der Waals surface area (Å²) in [7, 11) is 0. The molecular formula is C18H19N5. The summed E-state index contributed by atoms with van der Waals surface area (Å²) < 4.78 is 0. The van der Waals surface area contributed by atoms with E-state index < -0.39 is 0 Å². The first-order valence-corrected chi connectivity index (χ1v) is 7.52. The molecule has 0 saturated heterocycles. The lowest BCUT2D eigenvalue weighted by molar-refractivity contribution is 0.965. The van der Waals surface area contributed by atoms with Gasteiger partial charge in [0.1, 0.15) is 0 Å². The van der Waals surface area contributed by atoms with Crippen molar-refractivity contribution in [3.63, 3.8) is 0 Å². The third-order valence-corrected chi connectivity index (χ3v) is 3.50. The molecule has 0 bridgehead atoms. The zero-order chi connectivity index (χ0) is 16.1. The van der Waals surface area contributed by atoms with Crippen molar-refractivity contribution in [2.75, 3.05) is 10.6 Å². The summed E-state index contributed by atoms with van der Waals surface area (Å²) in [5.74, 6) is 1.17. The van der Waals surface area contributed by atoms with Crippen LogP contribution in [0.25, 0.3) is 0 Å². The minimum Gasteiger partial charge on any atom is -0.365 e. The quantitative estimate of drug-likeness (QED) is 0.750. The number of rotatable bonds is 5. The van der Waals surface area contributed by atoms with Gasteiger partial charge in [0, 0.05) is 12.2 Å². The van der Waals surface area contributed by atoms with E-state index in [9.17, 15) is 0 Å². The summed E-state index contributed by atoms with van der Waals surface area (Å²) in [5, 5.41) is 14.5. The van der Waals surface area contributed by atoms with Crippen molar-refractivity contribution < 1.29 is 0 Å². The number of benzene rings is 2. The summed E-state index contributed by atoms with van der Waals surface area (Å²) in [5.41, 5.74) is 4.55. The molecule has 2 aromatic carbocycles. The number of anilines is 3. The molecule has 5 nitrogen and oxygen atoms in total. The van der Waals surface area contributed by atoms with Crippen LogP contribution in [0.3, 0.4) is 0 Å². The first-order chi connectivity index (χ1) is 11.2. The maximum Gasteiger partial charge on any atom is 0.249 e. The molecule has 0 unspecified atom stereocenters. The largest absolute Gasteiger partial charge is 0.365 e. The minimum absolute atomic E-state index is 0.481. The highest BCUT2D eigenvalue weighted by Gasteiger charge is 2.04. The van der Waals surface area contributed by atoms with Crippen molar-refractivity contribution in [1.82, 2.24) is 15.2 Å². The Hall–Kier alpha value is -2.95. The van der Waals surface area contributed by atoms with Crippen molar-refractivity contribution in [3.05, 3.63) is 71.4 Å². The molecule has 0 atom stereocenters. The van der Waals surface area contributed by atoms with Gasteiger partial charge in [-0.05, 0) is 31.0 Å². The lowest BCUT2D eigenvalue weighted by Crippen LogP contribution is -2.06. The molecule has 0 aliphatic rings. The smallest absolute Gasteiger partial charge is 0.249 e. The summed E-state index contributed by atoms with van der Waals surface area (Å²) in [6.45, 7) is 4.83. The number of nitrogens with zero attached hydrogens (tertiary/aromatic N) is 3. The van der Waals surface area contributed by atoms with Gasteiger partial charge in [-0.1, -0.05) is 48.0 Å². The highest BCUT2D eigenvalue weighted by Crippen LogP contribution is 2.19. The average molecular weight is 305 g/mol. The number of nitrogens with one attached hydrogen (secondary N) is 2. The Labute approximate surface area is 135 Å². The Kier molecular flexibility index (Phi) is 4.47. The molecule has 5 heteroatoms. The van der Waals surface area contributed by atoms with E-state index >= 15 is 0 Å². The van der Waals surface area contributed by atoms with Crippen LogP contribution in [0.4, 0.5) is 17.5 Å². The standard InChI is InChI=1S/C18H19N5/c1-13-8-9-16(14(2)10-13)21-18-22-17(12-20-23-18)19-11-15-6-4-3-5-7-15/h3-10,12H,11H2,1-2H3,(H2,19,21,22,23). The summed E-state index contributed by atoms with van der Waals surface area (Å²) >= 11 is 0. The predicted octanol–water partition coefficient (Wildman–Crippen LogP) is 3.84. The first-order valence-electron chi connectivity index (χ1n) is 7.52. The van der Waals surface area contributed by atoms with Gasteiger partial charge in [0.15, 0.2) is 5.82 Å². The molecular weight excluding hydrogens is 286 g/mol. The van der Waals surface area contributed by atoms with Crippen LogP contribution in [-0.4, -0.2) is 15.2 Å². The fourth-order valence-electron chi connectivity index (χ4n) is 2.30. The predicted molar refractivity (Wildman–Crippen MR) is 92.8 cm³/mol. The van der Waals surface area contributed by atoms with Crippen LogP contribution in [0.5, 0.6) is 0 Å². The molecule has 23 heavy (non-hydrogen) atoms. The minimum atomic E-state index is 0.481. The van der Waals surface area contributed by atoms with Crippen LogP contribution in [0.2, 0.25) is 0 Å². The molecule has 0 fully saturated rings. The van der Waals surface area contributed by atoms with Gasteiger partial charge in [0.25, 0.3) is 0 Å². The van der Waals surface area contributed by atoms with Crippen molar-refractivity contribution in [3.8, 4) is 0 Å². The Balaban J connectivity index is 1.69. The lowest BCUT2D eigenvalue weighted by Gasteiger charge is -2.10. The van der Waals surface area contributed by atoms with Gasteiger partial charge in [-0.2, -0.15) is 10.1 Å². The average Bonchev–Trinajstić information content (AvgIpc) is 2.57. The summed E-state index contributed by atoms with van der Waals surface area (Å²) in [6.07, 6.45) is 1.62. The first kappa shape index (κ1) is 15.0. The van der Waals surface area contributed by atoms with Gasteiger partial charge >= 0.3 is 0 Å². The zero-order valence-corrected chi connectivity index (χ0v) is 13.2. The fraction of sp³-hybridized carbons (Fsp3) is 0.167. The van der Waals surface area contributed by atoms with Gasteiger partial charge in [-0.25, -0.2) is 0 Å². The maximum atomic E-state index is 4.45. The molecule has 0 aliphatic carbocycles. The Bertz CT molecular complexity index is 786. The monoisotopic (exact) mass is 305 g/mol. The van der Waals surface area contributed by atoms with Crippen molar-refractivity contribution >= 4 is 17.5 Å². The number of hydrogen-bond donors (Lipinski definition) is 2. The Morgan fingerprint density at radius 2 is 1.83 bits per heavy atom. The van der Waals surface area contributed by atoms with Crippen LogP contribution in [-0.2, 0) is 6.54 Å².